The summed E-state index contributed by atoms with van der Waals surface area (Å²) in [6, 6.07) is 8.52. The van der Waals surface area contributed by atoms with Crippen molar-refractivity contribution in [1.29, 1.82) is 0 Å². The molecule has 0 aliphatic carbocycles. The van der Waals surface area contributed by atoms with Crippen molar-refractivity contribution in [1.82, 2.24) is 24.5 Å². The van der Waals surface area contributed by atoms with Gasteiger partial charge in [-0.3, -0.25) is 0 Å². The van der Waals surface area contributed by atoms with E-state index in [9.17, 15) is 5.11 Å². The molecule has 2 aromatic heterocycles. The highest BCUT2D eigenvalue weighted by Gasteiger charge is 2.41. The standard InChI is InChI=1S/C16H15N5O/c22-16-12(5-6-21-14(16)8-18-19-21)15-11-4-2-1-3-10(11)13-7-17-9-20(13)15/h1-4,7-9,12,15-16,22H,5-6H2/t12-,15+,16-/m0/s1. The van der Waals surface area contributed by atoms with E-state index in [0.717, 1.165) is 24.4 Å². The zero-order valence-electron chi connectivity index (χ0n) is 11.9. The van der Waals surface area contributed by atoms with Crippen LogP contribution < -0.4 is 0 Å². The summed E-state index contributed by atoms with van der Waals surface area (Å²) in [6.45, 7) is 0.791. The molecule has 6 nitrogen and oxygen atoms in total. The first kappa shape index (κ1) is 12.1. The number of hydrogen-bond donors (Lipinski definition) is 1. The van der Waals surface area contributed by atoms with Crippen LogP contribution in [-0.4, -0.2) is 29.7 Å². The summed E-state index contributed by atoms with van der Waals surface area (Å²) in [6.07, 6.45) is 5.76. The number of aromatic nitrogens is 5. The molecule has 0 radical (unpaired) electrons. The average Bonchev–Trinajstić information content (AvgIpc) is 3.23. The molecule has 110 valence electrons. The molecule has 1 aromatic carbocycles. The van der Waals surface area contributed by atoms with Gasteiger partial charge in [0.15, 0.2) is 0 Å². The van der Waals surface area contributed by atoms with Crippen LogP contribution in [0.5, 0.6) is 0 Å². The van der Waals surface area contributed by atoms with Gasteiger partial charge in [-0.05, 0) is 12.0 Å². The predicted molar refractivity (Wildman–Crippen MR) is 78.9 cm³/mol. The van der Waals surface area contributed by atoms with E-state index in [1.807, 2.05) is 12.5 Å². The zero-order chi connectivity index (χ0) is 14.7. The first-order valence-corrected chi connectivity index (χ1v) is 7.52. The second-order valence-corrected chi connectivity index (χ2v) is 6.00. The summed E-state index contributed by atoms with van der Waals surface area (Å²) in [5.74, 6) is 0.0996. The third kappa shape index (κ3) is 1.45. The maximum Gasteiger partial charge on any atom is 0.102 e. The van der Waals surface area contributed by atoms with Gasteiger partial charge < -0.3 is 9.67 Å². The van der Waals surface area contributed by atoms with Gasteiger partial charge in [-0.1, -0.05) is 29.5 Å². The second-order valence-electron chi connectivity index (χ2n) is 6.00. The fourth-order valence-electron chi connectivity index (χ4n) is 3.96. The maximum atomic E-state index is 10.8. The minimum absolute atomic E-state index is 0.0996. The topological polar surface area (TPSA) is 68.8 Å². The number of fused-ring (bicyclic) bond motifs is 4. The third-order valence-corrected chi connectivity index (χ3v) is 4.96. The lowest BCUT2D eigenvalue weighted by molar-refractivity contribution is 0.0524. The van der Waals surface area contributed by atoms with Gasteiger partial charge >= 0.3 is 0 Å². The van der Waals surface area contributed by atoms with Crippen molar-refractivity contribution >= 4 is 0 Å². The number of benzene rings is 1. The quantitative estimate of drug-likeness (QED) is 0.743. The van der Waals surface area contributed by atoms with Crippen LogP contribution in [0.2, 0.25) is 0 Å². The Labute approximate surface area is 127 Å². The normalized spacial score (nSPS) is 25.6. The molecule has 1 N–H and O–H groups in total. The Hall–Kier alpha value is -2.47. The fourth-order valence-corrected chi connectivity index (χ4v) is 3.96. The van der Waals surface area contributed by atoms with Crippen LogP contribution in [0.25, 0.3) is 11.3 Å². The lowest BCUT2D eigenvalue weighted by Gasteiger charge is -2.33. The Balaban J connectivity index is 1.65. The average molecular weight is 293 g/mol. The van der Waals surface area contributed by atoms with Gasteiger partial charge in [0, 0.05) is 18.0 Å². The van der Waals surface area contributed by atoms with Crippen molar-refractivity contribution in [2.45, 2.75) is 25.1 Å². The molecule has 3 atom stereocenters. The summed E-state index contributed by atoms with van der Waals surface area (Å²) in [5.41, 5.74) is 4.42. The van der Waals surface area contributed by atoms with E-state index in [4.69, 9.17) is 0 Å². The Kier molecular flexibility index (Phi) is 2.35. The number of aryl methyl sites for hydroxylation is 1. The van der Waals surface area contributed by atoms with E-state index in [2.05, 4.69) is 44.1 Å². The number of imidazole rings is 1. The summed E-state index contributed by atoms with van der Waals surface area (Å²) in [4.78, 5) is 4.30. The summed E-state index contributed by atoms with van der Waals surface area (Å²) < 4.78 is 3.99. The SMILES string of the molecule is O[C@@H]1c2cnnn2CC[C@H]1[C@H]1c2ccccc2-c2cncn21. The first-order chi connectivity index (χ1) is 10.8. The Morgan fingerprint density at radius 1 is 1.18 bits per heavy atom. The van der Waals surface area contributed by atoms with E-state index in [1.165, 1.54) is 11.1 Å². The van der Waals surface area contributed by atoms with Crippen molar-refractivity contribution in [2.75, 3.05) is 0 Å². The summed E-state index contributed by atoms with van der Waals surface area (Å²) >= 11 is 0. The fraction of sp³-hybridized carbons (Fsp3) is 0.312. The summed E-state index contributed by atoms with van der Waals surface area (Å²) in [7, 11) is 0. The second kappa shape index (κ2) is 4.27. The molecular weight excluding hydrogens is 278 g/mol. The van der Waals surface area contributed by atoms with Crippen LogP contribution in [0.1, 0.15) is 29.8 Å². The van der Waals surface area contributed by atoms with Crippen LogP contribution >= 0.6 is 0 Å². The van der Waals surface area contributed by atoms with E-state index < -0.39 is 6.10 Å². The molecule has 6 heteroatoms. The van der Waals surface area contributed by atoms with Gasteiger partial charge in [-0.25, -0.2) is 9.67 Å². The molecule has 3 aromatic rings. The molecular formula is C16H15N5O. The molecule has 5 rings (SSSR count). The third-order valence-electron chi connectivity index (χ3n) is 4.96. The lowest BCUT2D eigenvalue weighted by atomic mass is 9.83. The van der Waals surface area contributed by atoms with Gasteiger partial charge in [0.05, 0.1) is 36.2 Å². The first-order valence-electron chi connectivity index (χ1n) is 7.52. The molecule has 0 unspecified atom stereocenters. The highest BCUT2D eigenvalue weighted by Crippen LogP contribution is 2.48. The van der Waals surface area contributed by atoms with Crippen LogP contribution in [-0.2, 0) is 6.54 Å². The molecule has 0 spiro atoms. The van der Waals surface area contributed by atoms with Crippen molar-refractivity contribution in [3.63, 3.8) is 0 Å². The van der Waals surface area contributed by atoms with Gasteiger partial charge in [-0.15, -0.1) is 5.10 Å². The van der Waals surface area contributed by atoms with Crippen molar-refractivity contribution < 1.29 is 5.11 Å². The van der Waals surface area contributed by atoms with Crippen molar-refractivity contribution in [3.05, 3.63) is 54.2 Å². The molecule has 0 bridgehead atoms. The molecule has 4 heterocycles. The van der Waals surface area contributed by atoms with Crippen molar-refractivity contribution in [2.24, 2.45) is 5.92 Å². The molecule has 22 heavy (non-hydrogen) atoms. The Morgan fingerprint density at radius 2 is 2.09 bits per heavy atom. The summed E-state index contributed by atoms with van der Waals surface area (Å²) in [5, 5.41) is 18.8. The largest absolute Gasteiger partial charge is 0.386 e. The highest BCUT2D eigenvalue weighted by atomic mass is 16.3. The molecule has 0 fully saturated rings. The van der Waals surface area contributed by atoms with Gasteiger partial charge in [-0.2, -0.15) is 0 Å². The van der Waals surface area contributed by atoms with E-state index in [-0.39, 0.29) is 12.0 Å². The van der Waals surface area contributed by atoms with Crippen LogP contribution in [0.4, 0.5) is 0 Å². The smallest absolute Gasteiger partial charge is 0.102 e. The highest BCUT2D eigenvalue weighted by molar-refractivity contribution is 5.69. The molecule has 0 amide bonds. The molecule has 2 aliphatic heterocycles. The van der Waals surface area contributed by atoms with Crippen LogP contribution in [0.15, 0.2) is 43.0 Å². The van der Waals surface area contributed by atoms with E-state index >= 15 is 0 Å². The minimum Gasteiger partial charge on any atom is -0.386 e. The number of nitrogens with zero attached hydrogens (tertiary/aromatic N) is 5. The van der Waals surface area contributed by atoms with Crippen LogP contribution in [0.3, 0.4) is 0 Å². The number of aliphatic hydroxyl groups is 1. The molecule has 0 saturated heterocycles. The number of rotatable bonds is 1. The number of hydrogen-bond acceptors (Lipinski definition) is 4. The monoisotopic (exact) mass is 293 g/mol. The van der Waals surface area contributed by atoms with Gasteiger partial charge in [0.1, 0.15) is 6.10 Å². The predicted octanol–water partition coefficient (Wildman–Crippen LogP) is 1.80. The van der Waals surface area contributed by atoms with Crippen LogP contribution in [0, 0.1) is 5.92 Å². The Morgan fingerprint density at radius 3 is 3.05 bits per heavy atom. The maximum absolute atomic E-state index is 10.8. The Bertz CT molecular complexity index is 852. The lowest BCUT2D eigenvalue weighted by Crippen LogP contribution is -2.31. The number of aliphatic hydroxyl groups excluding tert-OH is 1. The van der Waals surface area contributed by atoms with Gasteiger partial charge in [0.2, 0.25) is 0 Å². The zero-order valence-corrected chi connectivity index (χ0v) is 11.9. The van der Waals surface area contributed by atoms with Crippen molar-refractivity contribution in [3.8, 4) is 11.3 Å². The minimum atomic E-state index is -0.560. The molecule has 0 saturated carbocycles. The van der Waals surface area contributed by atoms with E-state index in [1.54, 1.807) is 10.9 Å². The van der Waals surface area contributed by atoms with E-state index in [0.29, 0.717) is 0 Å². The molecule has 2 aliphatic rings. The van der Waals surface area contributed by atoms with Gasteiger partial charge in [0.25, 0.3) is 0 Å².